The Kier molecular flexibility index (Phi) is 1.54. The molecule has 0 saturated carbocycles. The minimum absolute atomic E-state index is 0.0302. The summed E-state index contributed by atoms with van der Waals surface area (Å²) in [5.41, 5.74) is 0.318. The smallest absolute Gasteiger partial charge is 0.126 e. The molecule has 1 aromatic heterocycles. The first-order valence-corrected chi connectivity index (χ1v) is 5.97. The van der Waals surface area contributed by atoms with Gasteiger partial charge < -0.3 is 0 Å². The highest BCUT2D eigenvalue weighted by Gasteiger charge is 2.06. The molecular weight excluding hydrogens is 244 g/mol. The maximum atomic E-state index is 8.29. The molecule has 0 bridgehead atoms. The topological polar surface area (TPSA) is 25.8 Å². The monoisotopic (exact) mass is 269 g/mol. The number of aromatic nitrogens is 2. The van der Waals surface area contributed by atoms with Gasteiger partial charge in [-0.25, -0.2) is 9.97 Å². The third kappa shape index (κ3) is 2.59. The van der Waals surface area contributed by atoms with Gasteiger partial charge in [0, 0.05) is 11.1 Å². The van der Waals surface area contributed by atoms with Crippen molar-refractivity contribution in [3.8, 4) is 22.5 Å². The number of aryl methyl sites for hydroxylation is 1. The Bertz CT molecular complexity index is 1030. The van der Waals surface area contributed by atoms with Gasteiger partial charge in [0.1, 0.15) is 5.82 Å². The Morgan fingerprint density at radius 2 is 1.45 bits per heavy atom. The lowest BCUT2D eigenvalue weighted by molar-refractivity contribution is 1.06. The molecule has 0 unspecified atom stereocenters. The maximum Gasteiger partial charge on any atom is 0.126 e. The summed E-state index contributed by atoms with van der Waals surface area (Å²) in [4.78, 5) is 8.44. The molecule has 0 atom stereocenters. The van der Waals surface area contributed by atoms with Crippen molar-refractivity contribution in [1.29, 1.82) is 0 Å². The predicted octanol–water partition coefficient (Wildman–Crippen LogP) is 4.43. The van der Waals surface area contributed by atoms with Crippen LogP contribution in [0.15, 0.2) is 60.4 Å². The molecule has 2 aromatic carbocycles. The van der Waals surface area contributed by atoms with Crippen LogP contribution in [0.2, 0.25) is 0 Å². The molecule has 0 spiro atoms. The molecule has 0 amide bonds. The second-order valence-corrected chi connectivity index (χ2v) is 4.19. The molecule has 0 aliphatic rings. The largest absolute Gasteiger partial charge is 0.233 e. The fourth-order valence-corrected chi connectivity index (χ4v) is 1.77. The average molecular weight is 269 g/mol. The fraction of sp³-hybridized carbons (Fsp3) is 0.111. The van der Waals surface area contributed by atoms with Crippen LogP contribution in [0.4, 0.5) is 0 Å². The summed E-state index contributed by atoms with van der Waals surface area (Å²) in [7, 11) is 0. The summed E-state index contributed by atoms with van der Waals surface area (Å²) in [6.07, 6.45) is 0. The van der Waals surface area contributed by atoms with E-state index in [0.717, 1.165) is 0 Å². The maximum absolute atomic E-state index is 8.29. The van der Waals surface area contributed by atoms with Crippen LogP contribution in [0.1, 0.15) is 23.7 Å². The quantitative estimate of drug-likeness (QED) is 0.688. The highest BCUT2D eigenvalue weighted by Crippen LogP contribution is 2.24. The van der Waals surface area contributed by atoms with Crippen LogP contribution in [-0.2, 0) is 0 Å². The van der Waals surface area contributed by atoms with Crippen LogP contribution in [-0.4, -0.2) is 9.97 Å². The Morgan fingerprint density at radius 1 is 0.800 bits per heavy atom. The van der Waals surface area contributed by atoms with Gasteiger partial charge in [0.05, 0.1) is 23.7 Å². The lowest BCUT2D eigenvalue weighted by atomic mass is 10.1. The second kappa shape index (κ2) is 5.25. The highest BCUT2D eigenvalue weighted by molar-refractivity contribution is 5.68. The van der Waals surface area contributed by atoms with Gasteiger partial charge in [-0.3, -0.25) is 0 Å². The van der Waals surface area contributed by atoms with E-state index < -0.39 is 30.2 Å². The van der Waals surface area contributed by atoms with E-state index in [2.05, 4.69) is 9.97 Å². The van der Waals surface area contributed by atoms with E-state index in [4.69, 9.17) is 12.3 Å². The van der Waals surface area contributed by atoms with Crippen molar-refractivity contribution >= 4 is 0 Å². The fourth-order valence-electron chi connectivity index (χ4n) is 1.77. The second-order valence-electron chi connectivity index (χ2n) is 4.19. The first kappa shape index (κ1) is 5.88. The Hall–Kier alpha value is -2.48. The van der Waals surface area contributed by atoms with Crippen LogP contribution < -0.4 is 0 Å². The zero-order valence-corrected chi connectivity index (χ0v) is 11.0. The highest BCUT2D eigenvalue weighted by atomic mass is 14.9. The van der Waals surface area contributed by atoms with Crippen molar-refractivity contribution in [1.82, 2.24) is 9.97 Å². The van der Waals surface area contributed by atoms with E-state index >= 15 is 0 Å². The summed E-state index contributed by atoms with van der Waals surface area (Å²) < 4.78 is 72.0. The molecule has 0 aliphatic carbocycles. The molecule has 98 valence electrons. The Balaban J connectivity index is 2.37. The minimum atomic E-state index is -0.517. The number of benzene rings is 2. The SMILES string of the molecule is [2H]c1c([2H])c([2H])c(-c2cc(-c3c([2H])c([2H])c([2H])c(C)c3[2H])nc(C)n2)c([2H])c1[2H]. The van der Waals surface area contributed by atoms with Crippen LogP contribution in [0.3, 0.4) is 0 Å². The van der Waals surface area contributed by atoms with Crippen LogP contribution >= 0.6 is 0 Å². The molecule has 2 nitrogen and oxygen atoms in total. The zero-order chi connectivity index (χ0) is 21.8. The molecule has 0 N–H and O–H groups in total. The van der Waals surface area contributed by atoms with Gasteiger partial charge in [-0.2, -0.15) is 0 Å². The lowest BCUT2D eigenvalue weighted by Crippen LogP contribution is -1.94. The van der Waals surface area contributed by atoms with Crippen LogP contribution in [0.25, 0.3) is 22.5 Å². The number of rotatable bonds is 2. The Labute approximate surface area is 131 Å². The molecule has 2 heteroatoms. The van der Waals surface area contributed by atoms with E-state index in [0.29, 0.717) is 0 Å². The van der Waals surface area contributed by atoms with E-state index in [1.807, 2.05) is 0 Å². The third-order valence-electron chi connectivity index (χ3n) is 2.60. The van der Waals surface area contributed by atoms with Crippen LogP contribution in [0.5, 0.6) is 0 Å². The van der Waals surface area contributed by atoms with Crippen molar-refractivity contribution in [2.75, 3.05) is 0 Å². The van der Waals surface area contributed by atoms with E-state index in [1.54, 1.807) is 6.92 Å². The predicted molar refractivity (Wildman–Crippen MR) is 82.4 cm³/mol. The summed E-state index contributed by atoms with van der Waals surface area (Å²) >= 11 is 0. The van der Waals surface area contributed by atoms with Gasteiger partial charge in [-0.05, 0) is 26.0 Å². The summed E-state index contributed by atoms with van der Waals surface area (Å²) in [6, 6.07) is -2.02. The minimum Gasteiger partial charge on any atom is -0.233 e. The van der Waals surface area contributed by atoms with Gasteiger partial charge in [-0.15, -0.1) is 0 Å². The van der Waals surface area contributed by atoms with E-state index in [9.17, 15) is 0 Å². The van der Waals surface area contributed by atoms with Crippen molar-refractivity contribution in [2.24, 2.45) is 0 Å². The Morgan fingerprint density at radius 3 is 2.20 bits per heavy atom. The standard InChI is InChI=1S/C18H16N2/c1-13-7-6-10-16(11-13)18-12-17(19-14(2)20-18)15-8-4-3-5-9-15/h3-12H,1-2H3/i3D,4D,5D,6D,7D,8D,9D,10D,11D. The number of nitrogens with zero attached hydrogens (tertiary/aromatic N) is 2. The first-order chi connectivity index (χ1) is 13.5. The van der Waals surface area contributed by atoms with Crippen molar-refractivity contribution in [3.05, 3.63) is 71.8 Å². The molecule has 3 rings (SSSR count). The normalized spacial score (nSPS) is 16.8. The molecule has 0 aliphatic heterocycles. The molecule has 20 heavy (non-hydrogen) atoms. The molecule has 0 saturated heterocycles. The molecule has 0 radical (unpaired) electrons. The van der Waals surface area contributed by atoms with Crippen molar-refractivity contribution in [2.45, 2.75) is 13.8 Å². The van der Waals surface area contributed by atoms with Crippen molar-refractivity contribution < 1.29 is 12.3 Å². The summed E-state index contributed by atoms with van der Waals surface area (Å²) in [6.45, 7) is 3.05. The number of hydrogen-bond acceptors (Lipinski definition) is 2. The first-order valence-electron chi connectivity index (χ1n) is 10.5. The van der Waals surface area contributed by atoms with Crippen molar-refractivity contribution in [3.63, 3.8) is 0 Å². The lowest BCUT2D eigenvalue weighted by Gasteiger charge is -2.07. The van der Waals surface area contributed by atoms with Gasteiger partial charge in [0.2, 0.25) is 0 Å². The molecule has 0 fully saturated rings. The van der Waals surface area contributed by atoms with Gasteiger partial charge in [-0.1, -0.05) is 53.9 Å². The molecular formula is C18H16N2. The zero-order valence-electron chi connectivity index (χ0n) is 20.0. The molecule has 3 aromatic rings. The third-order valence-corrected chi connectivity index (χ3v) is 2.60. The van der Waals surface area contributed by atoms with Gasteiger partial charge >= 0.3 is 0 Å². The van der Waals surface area contributed by atoms with Gasteiger partial charge in [0.25, 0.3) is 0 Å². The molecule has 1 heterocycles. The summed E-state index contributed by atoms with van der Waals surface area (Å²) in [5, 5.41) is 0. The summed E-state index contributed by atoms with van der Waals surface area (Å²) in [5.74, 6) is 0.210. The van der Waals surface area contributed by atoms with Crippen LogP contribution in [0, 0.1) is 13.8 Å². The average Bonchev–Trinajstić information content (AvgIpc) is 2.67. The van der Waals surface area contributed by atoms with E-state index in [-0.39, 0.29) is 58.1 Å². The van der Waals surface area contributed by atoms with Gasteiger partial charge in [0.15, 0.2) is 0 Å². The number of hydrogen-bond donors (Lipinski definition) is 0. The van der Waals surface area contributed by atoms with E-state index in [1.165, 1.54) is 13.0 Å².